The molecule has 0 aromatic heterocycles. The summed E-state index contributed by atoms with van der Waals surface area (Å²) in [4.78, 5) is 30.7. The highest BCUT2D eigenvalue weighted by atomic mass is 19.1. The number of carbonyl (C=O) groups excluding carboxylic acids is 2. The van der Waals surface area contributed by atoms with Crippen molar-refractivity contribution >= 4 is 29.3 Å². The fourth-order valence-corrected chi connectivity index (χ4v) is 5.19. The minimum atomic E-state index is -0.619. The smallest absolute Gasteiger partial charge is 0.261 e. The first-order chi connectivity index (χ1) is 15.1. The molecule has 3 heterocycles. The summed E-state index contributed by atoms with van der Waals surface area (Å²) in [6, 6.07) is 21.4. The molecule has 1 saturated heterocycles. The maximum Gasteiger partial charge on any atom is 0.261 e. The predicted octanol–water partition coefficient (Wildman–Crippen LogP) is 4.52. The number of imide groups is 1. The molecular formula is C26H19FN2O2. The Balaban J connectivity index is 1.58. The largest absolute Gasteiger partial charge is 0.363 e. The van der Waals surface area contributed by atoms with E-state index in [0.29, 0.717) is 11.3 Å². The number of benzene rings is 3. The molecule has 0 saturated carbocycles. The summed E-state index contributed by atoms with van der Waals surface area (Å²) in [5.41, 5.74) is 5.16. The van der Waals surface area contributed by atoms with Crippen LogP contribution in [-0.2, 0) is 16.0 Å². The molecule has 31 heavy (non-hydrogen) atoms. The van der Waals surface area contributed by atoms with Gasteiger partial charge in [-0.25, -0.2) is 9.29 Å². The quantitative estimate of drug-likeness (QED) is 0.554. The van der Waals surface area contributed by atoms with Crippen molar-refractivity contribution in [3.63, 3.8) is 0 Å². The van der Waals surface area contributed by atoms with E-state index in [0.717, 1.165) is 29.8 Å². The van der Waals surface area contributed by atoms with E-state index in [1.807, 2.05) is 36.4 Å². The number of amides is 2. The van der Waals surface area contributed by atoms with Gasteiger partial charge < -0.3 is 4.90 Å². The van der Waals surface area contributed by atoms with Crippen LogP contribution in [0.5, 0.6) is 0 Å². The number of hydrogen-bond acceptors (Lipinski definition) is 3. The summed E-state index contributed by atoms with van der Waals surface area (Å²) in [5.74, 6) is -1.62. The van der Waals surface area contributed by atoms with Crippen LogP contribution in [0.4, 0.5) is 15.8 Å². The number of anilines is 2. The predicted molar refractivity (Wildman–Crippen MR) is 117 cm³/mol. The molecule has 0 radical (unpaired) electrons. The molecule has 0 aliphatic carbocycles. The summed E-state index contributed by atoms with van der Waals surface area (Å²) >= 11 is 0. The van der Waals surface area contributed by atoms with Gasteiger partial charge in [-0.3, -0.25) is 9.59 Å². The molecule has 0 N–H and O–H groups in total. The average Bonchev–Trinajstić information content (AvgIpc) is 2.94. The Labute approximate surface area is 179 Å². The number of fused-ring (bicyclic) bond motifs is 7. The second kappa shape index (κ2) is 6.64. The molecule has 3 aliphatic rings. The highest BCUT2D eigenvalue weighted by molar-refractivity contribution is 6.31. The molecule has 1 fully saturated rings. The third-order valence-electron chi connectivity index (χ3n) is 6.56. The van der Waals surface area contributed by atoms with Gasteiger partial charge in [-0.1, -0.05) is 42.5 Å². The molecule has 2 atom stereocenters. The van der Waals surface area contributed by atoms with Crippen LogP contribution in [0.1, 0.15) is 22.7 Å². The number of rotatable bonds is 1. The van der Waals surface area contributed by atoms with Gasteiger partial charge in [-0.05, 0) is 59.5 Å². The normalized spacial score (nSPS) is 21.6. The highest BCUT2D eigenvalue weighted by Crippen LogP contribution is 2.49. The van der Waals surface area contributed by atoms with Gasteiger partial charge in [-0.15, -0.1) is 0 Å². The van der Waals surface area contributed by atoms with Crippen molar-refractivity contribution in [3.8, 4) is 0 Å². The lowest BCUT2D eigenvalue weighted by Crippen LogP contribution is -2.42. The lowest BCUT2D eigenvalue weighted by Gasteiger charge is -2.41. The molecule has 6 rings (SSSR count). The molecule has 0 bridgehead atoms. The lowest BCUT2D eigenvalue weighted by atomic mass is 9.82. The zero-order chi connectivity index (χ0) is 21.1. The maximum atomic E-state index is 13.7. The Kier molecular flexibility index (Phi) is 3.87. The maximum absolute atomic E-state index is 13.7. The Hall–Kier alpha value is -3.73. The third-order valence-corrected chi connectivity index (χ3v) is 6.56. The van der Waals surface area contributed by atoms with Crippen molar-refractivity contribution in [1.29, 1.82) is 0 Å². The van der Waals surface area contributed by atoms with Gasteiger partial charge in [0.25, 0.3) is 5.91 Å². The van der Waals surface area contributed by atoms with Gasteiger partial charge in [0.05, 0.1) is 17.6 Å². The summed E-state index contributed by atoms with van der Waals surface area (Å²) < 4.78 is 13.5. The lowest BCUT2D eigenvalue weighted by molar-refractivity contribution is -0.122. The second-order valence-electron chi connectivity index (χ2n) is 8.18. The van der Waals surface area contributed by atoms with E-state index in [9.17, 15) is 14.0 Å². The molecule has 3 aromatic carbocycles. The average molecular weight is 410 g/mol. The van der Waals surface area contributed by atoms with E-state index in [4.69, 9.17) is 0 Å². The fourth-order valence-electron chi connectivity index (χ4n) is 5.19. The van der Waals surface area contributed by atoms with Crippen LogP contribution in [-0.4, -0.2) is 18.4 Å². The number of carbonyl (C=O) groups is 2. The monoisotopic (exact) mass is 410 g/mol. The van der Waals surface area contributed by atoms with Crippen LogP contribution in [0.15, 0.2) is 78.4 Å². The van der Waals surface area contributed by atoms with Crippen molar-refractivity contribution in [2.75, 3.05) is 16.3 Å². The van der Waals surface area contributed by atoms with Crippen LogP contribution in [0.2, 0.25) is 0 Å². The Morgan fingerprint density at radius 1 is 0.871 bits per heavy atom. The van der Waals surface area contributed by atoms with Crippen molar-refractivity contribution < 1.29 is 14.0 Å². The summed E-state index contributed by atoms with van der Waals surface area (Å²) in [5, 5.41) is 0. The Morgan fingerprint density at radius 2 is 1.61 bits per heavy atom. The molecule has 5 heteroatoms. The van der Waals surface area contributed by atoms with E-state index in [1.165, 1.54) is 34.7 Å². The van der Waals surface area contributed by atoms with Crippen LogP contribution < -0.4 is 9.80 Å². The van der Waals surface area contributed by atoms with E-state index in [2.05, 4.69) is 23.1 Å². The van der Waals surface area contributed by atoms with Gasteiger partial charge in [0.1, 0.15) is 5.82 Å². The van der Waals surface area contributed by atoms with Crippen molar-refractivity contribution in [3.05, 3.63) is 101 Å². The highest BCUT2D eigenvalue weighted by Gasteiger charge is 2.52. The molecular weight excluding hydrogens is 391 g/mol. The summed E-state index contributed by atoms with van der Waals surface area (Å²) in [7, 11) is 0. The molecule has 4 nitrogen and oxygen atoms in total. The minimum absolute atomic E-state index is 0.262. The number of para-hydroxylation sites is 1. The van der Waals surface area contributed by atoms with Gasteiger partial charge in [0.15, 0.2) is 0 Å². The summed E-state index contributed by atoms with van der Waals surface area (Å²) in [6.45, 7) is 0.772. The van der Waals surface area contributed by atoms with Crippen molar-refractivity contribution in [2.45, 2.75) is 12.5 Å². The third kappa shape index (κ3) is 2.59. The molecule has 3 aromatic rings. The topological polar surface area (TPSA) is 40.6 Å². The van der Waals surface area contributed by atoms with Crippen LogP contribution in [0.25, 0.3) is 6.08 Å². The second-order valence-corrected chi connectivity index (χ2v) is 8.18. The molecule has 3 aliphatic heterocycles. The van der Waals surface area contributed by atoms with E-state index >= 15 is 0 Å². The minimum Gasteiger partial charge on any atom is -0.363 e. The standard InChI is InChI=1S/C26H19FN2O2/c27-18-9-11-19(12-10-18)29-25(30)21-15-17-6-2-4-8-22(17)28-14-13-16-5-1-3-7-20(16)24(28)23(21)26(29)31/h1-12,15,23-24H,13-14H2. The van der Waals surface area contributed by atoms with E-state index < -0.39 is 11.7 Å². The van der Waals surface area contributed by atoms with Crippen molar-refractivity contribution in [2.24, 2.45) is 5.92 Å². The Morgan fingerprint density at radius 3 is 2.45 bits per heavy atom. The van der Waals surface area contributed by atoms with E-state index in [1.54, 1.807) is 0 Å². The molecule has 152 valence electrons. The Bertz CT molecular complexity index is 1260. The zero-order valence-corrected chi connectivity index (χ0v) is 16.7. The van der Waals surface area contributed by atoms with E-state index in [-0.39, 0.29) is 17.9 Å². The van der Waals surface area contributed by atoms with Crippen LogP contribution in [0.3, 0.4) is 0 Å². The van der Waals surface area contributed by atoms with Crippen LogP contribution in [0, 0.1) is 11.7 Å². The molecule has 2 amide bonds. The molecule has 2 unspecified atom stereocenters. The van der Waals surface area contributed by atoms with Gasteiger partial charge in [-0.2, -0.15) is 0 Å². The van der Waals surface area contributed by atoms with Crippen LogP contribution >= 0.6 is 0 Å². The first-order valence-corrected chi connectivity index (χ1v) is 10.4. The first kappa shape index (κ1) is 18.1. The van der Waals surface area contributed by atoms with Gasteiger partial charge >= 0.3 is 0 Å². The zero-order valence-electron chi connectivity index (χ0n) is 16.7. The van der Waals surface area contributed by atoms with Gasteiger partial charge in [0.2, 0.25) is 5.91 Å². The number of nitrogens with zero attached hydrogens (tertiary/aromatic N) is 2. The number of hydrogen-bond donors (Lipinski definition) is 0. The number of halogens is 1. The fraction of sp³-hybridized carbons (Fsp3) is 0.154. The van der Waals surface area contributed by atoms with Crippen molar-refractivity contribution in [1.82, 2.24) is 0 Å². The van der Waals surface area contributed by atoms with Gasteiger partial charge in [0, 0.05) is 17.8 Å². The summed E-state index contributed by atoms with van der Waals surface area (Å²) in [6.07, 6.45) is 2.75. The first-order valence-electron chi connectivity index (χ1n) is 10.4. The SMILES string of the molecule is O=C1C2=Cc3ccccc3N3CCc4ccccc4C3C2C(=O)N1c1ccc(F)cc1. The molecule has 0 spiro atoms.